The minimum absolute atomic E-state index is 0.0296. The lowest BCUT2D eigenvalue weighted by atomic mass is 10.2. The summed E-state index contributed by atoms with van der Waals surface area (Å²) in [5.74, 6) is 1.73. The third-order valence-electron chi connectivity index (χ3n) is 3.29. The van der Waals surface area contributed by atoms with Gasteiger partial charge < -0.3 is 15.0 Å². The number of amides is 1. The predicted molar refractivity (Wildman–Crippen MR) is 84.5 cm³/mol. The van der Waals surface area contributed by atoms with Gasteiger partial charge in [-0.25, -0.2) is 9.97 Å². The van der Waals surface area contributed by atoms with Gasteiger partial charge in [0.05, 0.1) is 13.2 Å². The maximum Gasteiger partial charge on any atom is 0.245 e. The average Bonchev–Trinajstić information content (AvgIpc) is 2.46. The molecule has 1 atom stereocenters. The van der Waals surface area contributed by atoms with Gasteiger partial charge >= 0.3 is 0 Å². The topological polar surface area (TPSA) is 67.3 Å². The molecule has 1 saturated heterocycles. The van der Waals surface area contributed by atoms with Gasteiger partial charge in [-0.3, -0.25) is 4.79 Å². The van der Waals surface area contributed by atoms with Crippen LogP contribution in [0.1, 0.15) is 32.5 Å². The van der Waals surface area contributed by atoms with Crippen LogP contribution in [-0.4, -0.2) is 48.2 Å². The molecule has 2 heterocycles. The summed E-state index contributed by atoms with van der Waals surface area (Å²) in [6.45, 7) is 8.22. The van der Waals surface area contributed by atoms with E-state index >= 15 is 0 Å². The highest BCUT2D eigenvalue weighted by Crippen LogP contribution is 2.23. The van der Waals surface area contributed by atoms with E-state index in [1.807, 2.05) is 31.7 Å². The van der Waals surface area contributed by atoms with Crippen LogP contribution >= 0.6 is 15.9 Å². The molecule has 1 fully saturated rings. The number of morpholine rings is 1. The fourth-order valence-electron chi connectivity index (χ4n) is 2.22. The number of aromatic nitrogens is 2. The molecule has 21 heavy (non-hydrogen) atoms. The molecule has 6 nitrogen and oxygen atoms in total. The summed E-state index contributed by atoms with van der Waals surface area (Å²) in [5.41, 5.74) is 0. The minimum Gasteiger partial charge on any atom is -0.377 e. The molecular formula is C14H21BrN4O2. The molecular weight excluding hydrogens is 336 g/mol. The van der Waals surface area contributed by atoms with Crippen LogP contribution in [0.2, 0.25) is 0 Å². The van der Waals surface area contributed by atoms with E-state index in [0.717, 1.165) is 16.2 Å². The van der Waals surface area contributed by atoms with Crippen LogP contribution in [0.25, 0.3) is 0 Å². The molecule has 0 aromatic carbocycles. The smallest absolute Gasteiger partial charge is 0.245 e. The van der Waals surface area contributed by atoms with E-state index in [0.29, 0.717) is 26.3 Å². The molecule has 116 valence electrons. The van der Waals surface area contributed by atoms with E-state index in [2.05, 4.69) is 31.2 Å². The Hall–Kier alpha value is -1.21. The molecule has 1 N–H and O–H groups in total. The van der Waals surface area contributed by atoms with Crippen molar-refractivity contribution in [2.75, 3.05) is 31.2 Å². The zero-order valence-corrected chi connectivity index (χ0v) is 14.2. The first-order valence-electron chi connectivity index (χ1n) is 7.19. The summed E-state index contributed by atoms with van der Waals surface area (Å²) in [6, 6.07) is 1.50. The first-order valence-corrected chi connectivity index (χ1v) is 7.98. The third kappa shape index (κ3) is 3.91. The summed E-state index contributed by atoms with van der Waals surface area (Å²) >= 11 is 3.43. The van der Waals surface area contributed by atoms with Gasteiger partial charge in [0.15, 0.2) is 0 Å². The lowest BCUT2D eigenvalue weighted by molar-refractivity contribution is -0.124. The Morgan fingerprint density at radius 2 is 2.33 bits per heavy atom. The number of nitrogens with one attached hydrogen (secondary N) is 1. The van der Waals surface area contributed by atoms with Gasteiger partial charge in [-0.15, -0.1) is 0 Å². The lowest BCUT2D eigenvalue weighted by Gasteiger charge is -2.35. The summed E-state index contributed by atoms with van der Waals surface area (Å²) in [7, 11) is 0. The van der Waals surface area contributed by atoms with Gasteiger partial charge in [-0.1, -0.05) is 13.8 Å². The fourth-order valence-corrected chi connectivity index (χ4v) is 2.60. The highest BCUT2D eigenvalue weighted by Gasteiger charge is 2.30. The molecule has 0 radical (unpaired) electrons. The van der Waals surface area contributed by atoms with Crippen LogP contribution in [0.5, 0.6) is 0 Å². The molecule has 0 saturated carbocycles. The van der Waals surface area contributed by atoms with Crippen molar-refractivity contribution in [2.24, 2.45) is 0 Å². The number of hydrogen-bond acceptors (Lipinski definition) is 5. The van der Waals surface area contributed by atoms with Gasteiger partial charge in [0.1, 0.15) is 22.3 Å². The SMILES string of the molecule is CCNC(=O)C1COCCN1c1cc(Br)nc(C(C)C)n1. The summed E-state index contributed by atoms with van der Waals surface area (Å²) in [5, 5.41) is 2.85. The van der Waals surface area contributed by atoms with Crippen molar-refractivity contribution in [3.05, 3.63) is 16.5 Å². The van der Waals surface area contributed by atoms with Crippen molar-refractivity contribution in [1.29, 1.82) is 0 Å². The van der Waals surface area contributed by atoms with Crippen LogP contribution in [0.4, 0.5) is 5.82 Å². The van der Waals surface area contributed by atoms with Crippen molar-refractivity contribution in [1.82, 2.24) is 15.3 Å². The second-order valence-corrected chi connectivity index (χ2v) is 6.05. The number of likely N-dealkylation sites (N-methyl/N-ethyl adjacent to an activating group) is 1. The Bertz CT molecular complexity index is 510. The van der Waals surface area contributed by atoms with Gasteiger partial charge in [-0.2, -0.15) is 0 Å². The van der Waals surface area contributed by atoms with Crippen LogP contribution in [0, 0.1) is 0 Å². The Balaban J connectivity index is 2.30. The highest BCUT2D eigenvalue weighted by molar-refractivity contribution is 9.10. The van der Waals surface area contributed by atoms with Crippen LogP contribution in [0.3, 0.4) is 0 Å². The Morgan fingerprint density at radius 3 is 3.00 bits per heavy atom. The quantitative estimate of drug-likeness (QED) is 0.831. The van der Waals surface area contributed by atoms with Crippen molar-refractivity contribution >= 4 is 27.7 Å². The highest BCUT2D eigenvalue weighted by atomic mass is 79.9. The first kappa shape index (κ1) is 16.2. The molecule has 0 bridgehead atoms. The molecule has 1 aliphatic heterocycles. The number of carbonyl (C=O) groups is 1. The average molecular weight is 357 g/mol. The molecule has 1 aromatic rings. The van der Waals surface area contributed by atoms with Gasteiger partial charge in [0.2, 0.25) is 5.91 Å². The minimum atomic E-state index is -0.347. The second-order valence-electron chi connectivity index (χ2n) is 5.24. The zero-order chi connectivity index (χ0) is 15.4. The molecule has 1 aromatic heterocycles. The van der Waals surface area contributed by atoms with Gasteiger partial charge in [-0.05, 0) is 22.9 Å². The monoisotopic (exact) mass is 356 g/mol. The predicted octanol–water partition coefficient (Wildman–Crippen LogP) is 1.70. The van der Waals surface area contributed by atoms with Crippen LogP contribution in [0.15, 0.2) is 10.7 Å². The molecule has 0 spiro atoms. The Morgan fingerprint density at radius 1 is 1.57 bits per heavy atom. The number of hydrogen-bond donors (Lipinski definition) is 1. The molecule has 1 amide bonds. The maximum absolute atomic E-state index is 12.2. The number of ether oxygens (including phenoxy) is 1. The van der Waals surface area contributed by atoms with Crippen molar-refractivity contribution in [3.8, 4) is 0 Å². The number of carbonyl (C=O) groups excluding carboxylic acids is 1. The standard InChI is InChI=1S/C14H21BrN4O2/c1-4-16-14(20)10-8-21-6-5-19(10)12-7-11(15)17-13(18-12)9(2)3/h7,9-10H,4-6,8H2,1-3H3,(H,16,20). The summed E-state index contributed by atoms with van der Waals surface area (Å²) < 4.78 is 6.19. The van der Waals surface area contributed by atoms with E-state index in [4.69, 9.17) is 4.74 Å². The van der Waals surface area contributed by atoms with Gasteiger partial charge in [0, 0.05) is 25.1 Å². The van der Waals surface area contributed by atoms with E-state index in [9.17, 15) is 4.79 Å². The van der Waals surface area contributed by atoms with E-state index in [-0.39, 0.29) is 17.9 Å². The van der Waals surface area contributed by atoms with E-state index < -0.39 is 0 Å². The first-order chi connectivity index (χ1) is 10.0. The Kier molecular flexibility index (Phi) is 5.52. The van der Waals surface area contributed by atoms with Crippen molar-refractivity contribution in [3.63, 3.8) is 0 Å². The number of anilines is 1. The summed E-state index contributed by atoms with van der Waals surface area (Å²) in [6.07, 6.45) is 0. The molecule has 0 aliphatic carbocycles. The second kappa shape index (κ2) is 7.17. The molecule has 7 heteroatoms. The molecule has 1 unspecified atom stereocenters. The van der Waals surface area contributed by atoms with Crippen LogP contribution in [-0.2, 0) is 9.53 Å². The fraction of sp³-hybridized carbons (Fsp3) is 0.643. The number of halogens is 1. The van der Waals surface area contributed by atoms with Crippen LogP contribution < -0.4 is 10.2 Å². The zero-order valence-electron chi connectivity index (χ0n) is 12.6. The maximum atomic E-state index is 12.2. The number of rotatable bonds is 4. The largest absolute Gasteiger partial charge is 0.377 e. The van der Waals surface area contributed by atoms with Gasteiger partial charge in [0.25, 0.3) is 0 Å². The molecule has 1 aliphatic rings. The van der Waals surface area contributed by atoms with E-state index in [1.54, 1.807) is 0 Å². The normalized spacial score (nSPS) is 18.9. The third-order valence-corrected chi connectivity index (χ3v) is 3.70. The Labute approximate surface area is 133 Å². The van der Waals surface area contributed by atoms with Crippen molar-refractivity contribution < 1.29 is 9.53 Å². The number of nitrogens with zero attached hydrogens (tertiary/aromatic N) is 3. The van der Waals surface area contributed by atoms with E-state index in [1.165, 1.54) is 0 Å². The summed E-state index contributed by atoms with van der Waals surface area (Å²) in [4.78, 5) is 23.2. The molecule has 2 rings (SSSR count). The lowest BCUT2D eigenvalue weighted by Crippen LogP contribution is -2.54. The van der Waals surface area contributed by atoms with Crippen molar-refractivity contribution in [2.45, 2.75) is 32.7 Å².